The van der Waals surface area contributed by atoms with Gasteiger partial charge in [0.05, 0.1) is 0 Å². The Kier molecular flexibility index (Phi) is 4.81. The second-order valence-electron chi connectivity index (χ2n) is 11.3. The molecule has 0 saturated heterocycles. The fourth-order valence-electron chi connectivity index (χ4n) is 4.45. The molecule has 128 valence electrons. The molecule has 0 nitrogen and oxygen atoms in total. The number of rotatable bonds is 0. The van der Waals surface area contributed by atoms with Crippen molar-refractivity contribution in [3.8, 4) is 0 Å². The van der Waals surface area contributed by atoms with E-state index in [1.165, 1.54) is 10.2 Å². The molecule has 22 heavy (non-hydrogen) atoms. The van der Waals surface area contributed by atoms with Crippen molar-refractivity contribution in [2.24, 2.45) is 21.7 Å². The monoisotopic (exact) mass is 320 g/mol. The first-order chi connectivity index (χ1) is 9.40. The van der Waals surface area contributed by atoms with E-state index in [1.807, 2.05) is 0 Å². The van der Waals surface area contributed by atoms with Gasteiger partial charge in [0.1, 0.15) is 0 Å². The molecule has 0 heterocycles. The molecule has 0 fully saturated rings. The number of hydrogen-bond donors (Lipinski definition) is 0. The van der Waals surface area contributed by atoms with Crippen LogP contribution in [-0.4, -0.2) is 10.2 Å². The molecule has 0 amide bonds. The van der Waals surface area contributed by atoms with Crippen LogP contribution < -0.4 is 0 Å². The molecule has 0 unspecified atom stereocenters. The summed E-state index contributed by atoms with van der Waals surface area (Å²) in [5.74, 6) is 0. The Morgan fingerprint density at radius 1 is 0.500 bits per heavy atom. The molecule has 1 aliphatic rings. The lowest BCUT2D eigenvalue weighted by Gasteiger charge is -2.36. The third kappa shape index (κ3) is 3.61. The van der Waals surface area contributed by atoms with E-state index in [-0.39, 0.29) is 21.7 Å². The molecule has 0 aliphatic heterocycles. The summed E-state index contributed by atoms with van der Waals surface area (Å²) in [4.78, 5) is 0. The number of allylic oxidation sites excluding steroid dienone is 4. The highest BCUT2D eigenvalue weighted by Crippen LogP contribution is 2.60. The van der Waals surface area contributed by atoms with Crippen LogP contribution in [0, 0.1) is 21.7 Å². The van der Waals surface area contributed by atoms with Crippen LogP contribution in [-0.2, 0) is 0 Å². The van der Waals surface area contributed by atoms with Crippen molar-refractivity contribution in [1.29, 1.82) is 0 Å². The zero-order valence-corrected chi connectivity index (χ0v) is 19.6. The predicted molar refractivity (Wildman–Crippen MR) is 106 cm³/mol. The summed E-state index contributed by atoms with van der Waals surface area (Å²) >= 11 is 0. The van der Waals surface area contributed by atoms with E-state index in [4.69, 9.17) is 0 Å². The van der Waals surface area contributed by atoms with Gasteiger partial charge in [0.2, 0.25) is 0 Å². The molecule has 0 radical (unpaired) electrons. The molecule has 0 N–H and O–H groups in total. The highest BCUT2D eigenvalue weighted by Gasteiger charge is 2.46. The minimum Gasteiger partial charge on any atom is -0.0573 e. The van der Waals surface area contributed by atoms with Gasteiger partial charge in [-0.2, -0.15) is 0 Å². The first kappa shape index (κ1) is 19.7. The summed E-state index contributed by atoms with van der Waals surface area (Å²) in [7, 11) is 1.21. The van der Waals surface area contributed by atoms with Gasteiger partial charge in [-0.25, -0.2) is 0 Å². The Bertz CT molecular complexity index is 454. The normalized spacial score (nSPS) is 19.6. The smallest absolute Gasteiger partial charge is 0.0171 e. The summed E-state index contributed by atoms with van der Waals surface area (Å²) < 4.78 is 0. The Labute approximate surface area is 143 Å². The van der Waals surface area contributed by atoms with Crippen molar-refractivity contribution in [1.82, 2.24) is 0 Å². The molecule has 0 saturated carbocycles. The van der Waals surface area contributed by atoms with E-state index in [0.717, 1.165) is 0 Å². The van der Waals surface area contributed by atoms with Gasteiger partial charge in [-0.05, 0) is 38.3 Å². The summed E-state index contributed by atoms with van der Waals surface area (Å²) in [6.07, 6.45) is 0. The maximum atomic E-state index is 2.41. The quantitative estimate of drug-likeness (QED) is 0.485. The van der Waals surface area contributed by atoms with E-state index in [9.17, 15) is 0 Å². The van der Waals surface area contributed by atoms with E-state index in [2.05, 4.69) is 83.1 Å². The minimum absolute atomic E-state index is 0.209. The average molecular weight is 321 g/mol. The SMILES string of the molecule is CC(C)(C)C1=C(C(C)(C)C)C([SiH3])C(C(C)(C)C)=C1C(C)(C)C. The molecule has 0 bridgehead atoms. The lowest BCUT2D eigenvalue weighted by Crippen LogP contribution is -2.23. The van der Waals surface area contributed by atoms with Gasteiger partial charge >= 0.3 is 0 Å². The zero-order valence-electron chi connectivity index (χ0n) is 17.6. The van der Waals surface area contributed by atoms with Gasteiger partial charge in [0.25, 0.3) is 0 Å². The van der Waals surface area contributed by atoms with E-state index in [1.54, 1.807) is 22.3 Å². The van der Waals surface area contributed by atoms with Crippen LogP contribution in [0.2, 0.25) is 5.54 Å². The molecule has 1 aliphatic carbocycles. The van der Waals surface area contributed by atoms with Crippen LogP contribution in [0.1, 0.15) is 83.1 Å². The topological polar surface area (TPSA) is 0 Å². The maximum Gasteiger partial charge on any atom is 0.0171 e. The molecule has 0 aromatic heterocycles. The van der Waals surface area contributed by atoms with Crippen LogP contribution in [0.25, 0.3) is 0 Å². The van der Waals surface area contributed by atoms with Crippen molar-refractivity contribution in [2.75, 3.05) is 0 Å². The highest BCUT2D eigenvalue weighted by atomic mass is 28.1. The summed E-state index contributed by atoms with van der Waals surface area (Å²) in [5, 5.41) is 0. The van der Waals surface area contributed by atoms with Crippen LogP contribution in [0.15, 0.2) is 22.3 Å². The molecule has 1 rings (SSSR count). The van der Waals surface area contributed by atoms with Crippen molar-refractivity contribution >= 4 is 10.2 Å². The van der Waals surface area contributed by atoms with Crippen LogP contribution in [0.3, 0.4) is 0 Å². The molecule has 0 spiro atoms. The average Bonchev–Trinajstić information content (AvgIpc) is 2.48. The molecule has 1 heteroatoms. The van der Waals surface area contributed by atoms with E-state index < -0.39 is 0 Å². The Morgan fingerprint density at radius 3 is 0.864 bits per heavy atom. The summed E-state index contributed by atoms with van der Waals surface area (Å²) in [6.45, 7) is 28.9. The Hall–Kier alpha value is -0.303. The predicted octanol–water partition coefficient (Wildman–Crippen LogP) is 5.93. The van der Waals surface area contributed by atoms with Gasteiger partial charge in [0, 0.05) is 10.2 Å². The van der Waals surface area contributed by atoms with Crippen molar-refractivity contribution in [3.63, 3.8) is 0 Å². The van der Waals surface area contributed by atoms with Gasteiger partial charge < -0.3 is 0 Å². The first-order valence-electron chi connectivity index (χ1n) is 8.90. The fourth-order valence-corrected chi connectivity index (χ4v) is 6.76. The van der Waals surface area contributed by atoms with Gasteiger partial charge in [-0.3, -0.25) is 0 Å². The summed E-state index contributed by atoms with van der Waals surface area (Å²) in [5.41, 5.74) is 8.38. The first-order valence-corrected chi connectivity index (χ1v) is 10.1. The summed E-state index contributed by atoms with van der Waals surface area (Å²) in [6, 6.07) is 0. The highest BCUT2D eigenvalue weighted by molar-refractivity contribution is 6.17. The molecule has 0 aromatic rings. The van der Waals surface area contributed by atoms with Crippen LogP contribution >= 0.6 is 0 Å². The standard InChI is InChI=1S/C21H40Si/c1-18(2,3)13-14(19(4,5)6)16(21(10,11)12)17(22)15(13)20(7,8)9/h17H,1-12,22H3. The lowest BCUT2D eigenvalue weighted by molar-refractivity contribution is 0.418. The van der Waals surface area contributed by atoms with Crippen LogP contribution in [0.5, 0.6) is 0 Å². The van der Waals surface area contributed by atoms with Crippen molar-refractivity contribution in [3.05, 3.63) is 22.3 Å². The fraction of sp³-hybridized carbons (Fsp3) is 0.810. The van der Waals surface area contributed by atoms with Gasteiger partial charge in [-0.1, -0.05) is 94.2 Å². The van der Waals surface area contributed by atoms with Gasteiger partial charge in [-0.15, -0.1) is 0 Å². The van der Waals surface area contributed by atoms with Crippen LogP contribution in [0.4, 0.5) is 0 Å². The third-order valence-corrected chi connectivity index (χ3v) is 5.93. The lowest BCUT2D eigenvalue weighted by atomic mass is 9.68. The third-order valence-electron chi connectivity index (χ3n) is 4.77. The minimum atomic E-state index is 0.209. The molecule has 0 aromatic carbocycles. The largest absolute Gasteiger partial charge is 0.0573 e. The Balaban J connectivity index is 3.90. The van der Waals surface area contributed by atoms with Crippen molar-refractivity contribution < 1.29 is 0 Å². The van der Waals surface area contributed by atoms with Crippen molar-refractivity contribution in [2.45, 2.75) is 88.6 Å². The second kappa shape index (κ2) is 5.36. The van der Waals surface area contributed by atoms with E-state index >= 15 is 0 Å². The molecular formula is C21H40Si. The maximum absolute atomic E-state index is 2.41. The Morgan fingerprint density at radius 2 is 0.727 bits per heavy atom. The van der Waals surface area contributed by atoms with Gasteiger partial charge in [0.15, 0.2) is 0 Å². The molecular weight excluding hydrogens is 280 g/mol. The second-order valence-corrected chi connectivity index (χ2v) is 12.5. The molecule has 0 atom stereocenters. The van der Waals surface area contributed by atoms with E-state index in [0.29, 0.717) is 5.54 Å². The zero-order chi connectivity index (χ0) is 17.9. The number of hydrogen-bond acceptors (Lipinski definition) is 0.